The number of H-pyrrole nitrogens is 1. The second-order valence-electron chi connectivity index (χ2n) is 4.81. The molecule has 0 saturated carbocycles. The second kappa shape index (κ2) is 6.05. The molecular weight excluding hydrogens is 312 g/mol. The van der Waals surface area contributed by atoms with Crippen LogP contribution < -0.4 is 10.5 Å². The van der Waals surface area contributed by atoms with E-state index >= 15 is 0 Å². The number of phenolic OH excluding ortho intramolecular Hbond substituents is 1. The number of hydrogen-bond acceptors (Lipinski definition) is 5. The maximum absolute atomic E-state index is 9.67. The van der Waals surface area contributed by atoms with Gasteiger partial charge in [0.25, 0.3) is 0 Å². The van der Waals surface area contributed by atoms with Crippen LogP contribution in [0.3, 0.4) is 0 Å². The fraction of sp³-hybridized carbons (Fsp3) is 0.0625. The molecule has 1 aromatic carbocycles. The van der Waals surface area contributed by atoms with Crippen LogP contribution in [0.15, 0.2) is 36.5 Å². The van der Waals surface area contributed by atoms with Crippen molar-refractivity contribution in [3.63, 3.8) is 0 Å². The summed E-state index contributed by atoms with van der Waals surface area (Å²) in [6, 6.07) is 8.66. The van der Waals surface area contributed by atoms with Crippen LogP contribution in [-0.4, -0.2) is 32.2 Å². The van der Waals surface area contributed by atoms with Crippen LogP contribution in [-0.2, 0) is 0 Å². The quantitative estimate of drug-likeness (QED) is 0.503. The molecule has 0 unspecified atom stereocenters. The molecular formula is C16H14N4O2S. The zero-order valence-corrected chi connectivity index (χ0v) is 13.1. The van der Waals surface area contributed by atoms with Crippen LogP contribution in [0.25, 0.3) is 22.8 Å². The third kappa shape index (κ3) is 3.00. The van der Waals surface area contributed by atoms with Crippen molar-refractivity contribution >= 4 is 40.0 Å². The lowest BCUT2D eigenvalue weighted by Crippen LogP contribution is -2.11. The molecule has 0 aliphatic heterocycles. The number of rotatable bonds is 4. The molecule has 0 amide bonds. The van der Waals surface area contributed by atoms with Crippen molar-refractivity contribution in [3.05, 3.63) is 47.9 Å². The van der Waals surface area contributed by atoms with E-state index in [-0.39, 0.29) is 10.7 Å². The topological polar surface area (TPSA) is 97.0 Å². The number of phenols is 1. The molecule has 3 aromatic rings. The SMILES string of the molecule is COc1cc(/C=C(\C(N)=S)c2nc3ncccc3[nH]2)ccc1O. The number of imidazole rings is 1. The molecule has 0 fully saturated rings. The number of fused-ring (bicyclic) bond motifs is 1. The number of hydrogen-bond donors (Lipinski definition) is 3. The van der Waals surface area contributed by atoms with Crippen LogP contribution in [0.4, 0.5) is 0 Å². The van der Waals surface area contributed by atoms with Gasteiger partial charge in [-0.2, -0.15) is 0 Å². The minimum atomic E-state index is 0.0643. The first-order valence-corrected chi connectivity index (χ1v) is 7.19. The third-order valence-corrected chi connectivity index (χ3v) is 3.51. The summed E-state index contributed by atoms with van der Waals surface area (Å²) in [5, 5.41) is 9.67. The summed E-state index contributed by atoms with van der Waals surface area (Å²) in [5.74, 6) is 0.972. The van der Waals surface area contributed by atoms with E-state index < -0.39 is 0 Å². The minimum Gasteiger partial charge on any atom is -0.504 e. The lowest BCUT2D eigenvalue weighted by Gasteiger charge is -2.06. The first-order valence-electron chi connectivity index (χ1n) is 6.78. The van der Waals surface area contributed by atoms with Gasteiger partial charge >= 0.3 is 0 Å². The minimum absolute atomic E-state index is 0.0643. The normalized spacial score (nSPS) is 11.6. The van der Waals surface area contributed by atoms with Crippen molar-refractivity contribution in [1.29, 1.82) is 0 Å². The van der Waals surface area contributed by atoms with Gasteiger partial charge in [0.1, 0.15) is 10.8 Å². The van der Waals surface area contributed by atoms with Gasteiger partial charge in [-0.15, -0.1) is 0 Å². The third-order valence-electron chi connectivity index (χ3n) is 3.29. The number of thiocarbonyl (C=S) groups is 1. The van der Waals surface area contributed by atoms with Gasteiger partial charge in [0.15, 0.2) is 17.1 Å². The summed E-state index contributed by atoms with van der Waals surface area (Å²) in [6.45, 7) is 0. The molecule has 23 heavy (non-hydrogen) atoms. The molecule has 0 radical (unpaired) electrons. The molecule has 4 N–H and O–H groups in total. The Morgan fingerprint density at radius 3 is 2.91 bits per heavy atom. The molecule has 0 aliphatic rings. The maximum Gasteiger partial charge on any atom is 0.178 e. The maximum atomic E-state index is 9.67. The number of aromatic amines is 1. The van der Waals surface area contributed by atoms with Crippen molar-refractivity contribution in [2.24, 2.45) is 5.73 Å². The van der Waals surface area contributed by atoms with E-state index in [2.05, 4.69) is 15.0 Å². The van der Waals surface area contributed by atoms with Gasteiger partial charge in [-0.3, -0.25) is 0 Å². The van der Waals surface area contributed by atoms with E-state index in [9.17, 15) is 5.11 Å². The van der Waals surface area contributed by atoms with Gasteiger partial charge < -0.3 is 20.6 Å². The van der Waals surface area contributed by atoms with E-state index in [0.717, 1.165) is 11.1 Å². The predicted octanol–water partition coefficient (Wildman–Crippen LogP) is 2.50. The van der Waals surface area contributed by atoms with Crippen molar-refractivity contribution in [3.8, 4) is 11.5 Å². The Balaban J connectivity index is 2.09. The molecule has 7 heteroatoms. The average Bonchev–Trinajstić information content (AvgIpc) is 2.97. The largest absolute Gasteiger partial charge is 0.504 e. The smallest absolute Gasteiger partial charge is 0.178 e. The van der Waals surface area contributed by atoms with Crippen LogP contribution in [0.2, 0.25) is 0 Å². The predicted molar refractivity (Wildman–Crippen MR) is 93.2 cm³/mol. The molecule has 116 valence electrons. The fourth-order valence-electron chi connectivity index (χ4n) is 2.18. The summed E-state index contributed by atoms with van der Waals surface area (Å²) < 4.78 is 5.10. The summed E-state index contributed by atoms with van der Waals surface area (Å²) in [5.41, 5.74) is 8.58. The molecule has 0 spiro atoms. The molecule has 2 aromatic heterocycles. The fourth-order valence-corrected chi connectivity index (χ4v) is 2.34. The van der Waals surface area contributed by atoms with Crippen LogP contribution in [0.1, 0.15) is 11.4 Å². The number of pyridine rings is 1. The van der Waals surface area contributed by atoms with Crippen molar-refractivity contribution in [1.82, 2.24) is 15.0 Å². The Morgan fingerprint density at radius 2 is 2.22 bits per heavy atom. The monoisotopic (exact) mass is 326 g/mol. The van der Waals surface area contributed by atoms with E-state index in [1.54, 1.807) is 30.5 Å². The Morgan fingerprint density at radius 1 is 1.39 bits per heavy atom. The summed E-state index contributed by atoms with van der Waals surface area (Å²) >= 11 is 5.14. The second-order valence-corrected chi connectivity index (χ2v) is 5.25. The molecule has 0 bridgehead atoms. The Kier molecular flexibility index (Phi) is 3.94. The number of nitrogens with zero attached hydrogens (tertiary/aromatic N) is 2. The Hall–Kier alpha value is -2.93. The molecule has 0 aliphatic carbocycles. The molecule has 6 nitrogen and oxygen atoms in total. The van der Waals surface area contributed by atoms with Crippen molar-refractivity contribution < 1.29 is 9.84 Å². The summed E-state index contributed by atoms with van der Waals surface area (Å²) in [4.78, 5) is 11.9. The number of ether oxygens (including phenoxy) is 1. The summed E-state index contributed by atoms with van der Waals surface area (Å²) in [7, 11) is 1.49. The van der Waals surface area contributed by atoms with E-state index in [1.807, 2.05) is 12.1 Å². The highest BCUT2D eigenvalue weighted by atomic mass is 32.1. The van der Waals surface area contributed by atoms with Crippen LogP contribution in [0, 0.1) is 0 Å². The molecule has 3 rings (SSSR count). The standard InChI is InChI=1S/C16H14N4O2S/c1-22-13-8-9(4-5-12(13)21)7-10(14(17)23)15-19-11-3-2-6-18-16(11)20-15/h2-8,21H,1H3,(H2,17,23)(H,18,19,20)/b10-7+. The van der Waals surface area contributed by atoms with E-state index in [4.69, 9.17) is 22.7 Å². The number of aromatic hydroxyl groups is 1. The highest BCUT2D eigenvalue weighted by Gasteiger charge is 2.12. The van der Waals surface area contributed by atoms with Crippen LogP contribution >= 0.6 is 12.2 Å². The first kappa shape index (κ1) is 15.0. The zero-order valence-electron chi connectivity index (χ0n) is 12.3. The lowest BCUT2D eigenvalue weighted by atomic mass is 10.1. The van der Waals surface area contributed by atoms with Gasteiger partial charge in [-0.25, -0.2) is 9.97 Å². The average molecular weight is 326 g/mol. The van der Waals surface area contributed by atoms with E-state index in [0.29, 0.717) is 22.8 Å². The molecule has 0 saturated heterocycles. The molecule has 2 heterocycles. The van der Waals surface area contributed by atoms with Crippen molar-refractivity contribution in [2.75, 3.05) is 7.11 Å². The number of nitrogens with one attached hydrogen (secondary N) is 1. The van der Waals surface area contributed by atoms with Gasteiger partial charge in [0.05, 0.1) is 18.2 Å². The lowest BCUT2D eigenvalue weighted by molar-refractivity contribution is 0.373. The Labute approximate surface area is 137 Å². The Bertz CT molecular complexity index is 884. The van der Waals surface area contributed by atoms with Gasteiger partial charge in [-0.1, -0.05) is 18.3 Å². The van der Waals surface area contributed by atoms with Crippen LogP contribution in [0.5, 0.6) is 11.5 Å². The highest BCUT2D eigenvalue weighted by Crippen LogP contribution is 2.28. The number of aromatic nitrogens is 3. The zero-order chi connectivity index (χ0) is 16.4. The number of methoxy groups -OCH3 is 1. The molecule has 0 atom stereocenters. The highest BCUT2D eigenvalue weighted by molar-refractivity contribution is 7.81. The van der Waals surface area contributed by atoms with Gasteiger partial charge in [0.2, 0.25) is 0 Å². The van der Waals surface area contributed by atoms with Gasteiger partial charge in [-0.05, 0) is 35.9 Å². The number of nitrogens with two attached hydrogens (primary N) is 1. The van der Waals surface area contributed by atoms with Gasteiger partial charge in [0, 0.05) is 6.20 Å². The van der Waals surface area contributed by atoms with Crippen molar-refractivity contribution in [2.45, 2.75) is 0 Å². The first-order chi connectivity index (χ1) is 11.1. The van der Waals surface area contributed by atoms with E-state index in [1.165, 1.54) is 7.11 Å². The summed E-state index contributed by atoms with van der Waals surface area (Å²) in [6.07, 6.45) is 3.45. The number of benzene rings is 1.